The molecular formula is C24H48O3Si. The summed E-state index contributed by atoms with van der Waals surface area (Å²) in [6, 6.07) is 0. The van der Waals surface area contributed by atoms with Crippen molar-refractivity contribution in [3.05, 3.63) is 12.2 Å². The number of rotatable bonds is 10. The summed E-state index contributed by atoms with van der Waals surface area (Å²) in [5.41, 5.74) is 2.79. The van der Waals surface area contributed by atoms with Gasteiger partial charge in [0, 0.05) is 11.3 Å². The lowest BCUT2D eigenvalue weighted by Gasteiger charge is -2.48. The molecule has 1 aliphatic carbocycles. The summed E-state index contributed by atoms with van der Waals surface area (Å²) in [7, 11) is -2.00. The number of ether oxygens (including phenoxy) is 1. The van der Waals surface area contributed by atoms with Crippen molar-refractivity contribution in [2.75, 3.05) is 0 Å². The maximum absolute atomic E-state index is 9.74. The van der Waals surface area contributed by atoms with Gasteiger partial charge < -0.3 is 14.3 Å². The summed E-state index contributed by atoms with van der Waals surface area (Å²) in [5.74, 6) is 0.321. The van der Waals surface area contributed by atoms with E-state index in [1.54, 1.807) is 0 Å². The molecule has 0 aromatic heterocycles. The van der Waals surface area contributed by atoms with Crippen LogP contribution in [-0.2, 0) is 9.16 Å². The molecule has 1 rings (SSSR count). The first-order valence-electron chi connectivity index (χ1n) is 11.3. The third-order valence-corrected chi connectivity index (χ3v) is 13.2. The van der Waals surface area contributed by atoms with E-state index < -0.39 is 8.32 Å². The lowest BCUT2D eigenvalue weighted by Crippen LogP contribution is -2.54. The maximum atomic E-state index is 9.74. The van der Waals surface area contributed by atoms with Crippen molar-refractivity contribution in [3.63, 3.8) is 0 Å². The van der Waals surface area contributed by atoms with Gasteiger partial charge in [-0.1, -0.05) is 67.5 Å². The molecule has 166 valence electrons. The SMILES string of the molecule is C=C(C)[C@H]1C[C@H](O[C@H](C)C[C@H](C)O)C(C)(C)[C@@H]1O[Si](C(C)C)(C(C)C)C(C)C. The van der Waals surface area contributed by atoms with Gasteiger partial charge >= 0.3 is 0 Å². The molecule has 28 heavy (non-hydrogen) atoms. The van der Waals surface area contributed by atoms with Crippen molar-refractivity contribution >= 4 is 8.32 Å². The lowest BCUT2D eigenvalue weighted by molar-refractivity contribution is -0.0832. The van der Waals surface area contributed by atoms with Gasteiger partial charge in [-0.15, -0.1) is 0 Å². The van der Waals surface area contributed by atoms with Crippen molar-refractivity contribution in [2.45, 2.75) is 130 Å². The quantitative estimate of drug-likeness (QED) is 0.320. The minimum absolute atomic E-state index is 0.0381. The molecule has 0 radical (unpaired) electrons. The van der Waals surface area contributed by atoms with Crippen LogP contribution in [0.1, 0.15) is 89.0 Å². The highest BCUT2D eigenvalue weighted by Gasteiger charge is 2.56. The first-order chi connectivity index (χ1) is 12.7. The molecule has 1 saturated carbocycles. The summed E-state index contributed by atoms with van der Waals surface area (Å²) >= 11 is 0. The molecule has 0 aliphatic heterocycles. The van der Waals surface area contributed by atoms with Crippen LogP contribution < -0.4 is 0 Å². The fourth-order valence-electron chi connectivity index (χ4n) is 5.73. The molecule has 4 heteroatoms. The second kappa shape index (κ2) is 9.76. The summed E-state index contributed by atoms with van der Waals surface area (Å²) in [6.45, 7) is 29.1. The van der Waals surface area contributed by atoms with Crippen LogP contribution in [0.5, 0.6) is 0 Å². The topological polar surface area (TPSA) is 38.7 Å². The fourth-order valence-corrected chi connectivity index (χ4v) is 11.5. The molecule has 1 aliphatic rings. The number of aliphatic hydroxyl groups excluding tert-OH is 1. The minimum atomic E-state index is -2.00. The van der Waals surface area contributed by atoms with Crippen LogP contribution >= 0.6 is 0 Å². The molecule has 1 fully saturated rings. The molecule has 0 amide bonds. The predicted octanol–water partition coefficient (Wildman–Crippen LogP) is 6.71. The van der Waals surface area contributed by atoms with E-state index >= 15 is 0 Å². The smallest absolute Gasteiger partial charge is 0.200 e. The highest BCUT2D eigenvalue weighted by Crippen LogP contribution is 2.53. The Morgan fingerprint density at radius 2 is 1.50 bits per heavy atom. The Morgan fingerprint density at radius 1 is 1.04 bits per heavy atom. The van der Waals surface area contributed by atoms with Crippen LogP contribution in [0.2, 0.25) is 16.6 Å². The summed E-state index contributed by atoms with van der Waals surface area (Å²) in [4.78, 5) is 0. The molecule has 5 atom stereocenters. The van der Waals surface area contributed by atoms with Gasteiger partial charge in [-0.05, 0) is 50.2 Å². The Morgan fingerprint density at radius 3 is 1.86 bits per heavy atom. The van der Waals surface area contributed by atoms with Crippen molar-refractivity contribution < 1.29 is 14.3 Å². The van der Waals surface area contributed by atoms with Gasteiger partial charge in [0.05, 0.1) is 24.4 Å². The van der Waals surface area contributed by atoms with Crippen molar-refractivity contribution in [2.24, 2.45) is 11.3 Å². The zero-order valence-electron chi connectivity index (χ0n) is 20.5. The van der Waals surface area contributed by atoms with E-state index in [2.05, 4.69) is 75.8 Å². The van der Waals surface area contributed by atoms with Crippen LogP contribution in [0, 0.1) is 11.3 Å². The minimum Gasteiger partial charge on any atom is -0.412 e. The maximum Gasteiger partial charge on any atom is 0.200 e. The van der Waals surface area contributed by atoms with Crippen molar-refractivity contribution in [1.29, 1.82) is 0 Å². The Labute approximate surface area is 176 Å². The highest BCUT2D eigenvalue weighted by molar-refractivity contribution is 6.77. The van der Waals surface area contributed by atoms with E-state index in [1.165, 1.54) is 5.57 Å². The van der Waals surface area contributed by atoms with Gasteiger partial charge in [-0.2, -0.15) is 0 Å². The normalized spacial score (nSPS) is 27.6. The molecule has 0 aromatic rings. The number of hydrogen-bond donors (Lipinski definition) is 1. The molecular weight excluding hydrogens is 364 g/mol. The average Bonchev–Trinajstić information content (AvgIpc) is 2.74. The Balaban J connectivity index is 3.24. The Bertz CT molecular complexity index is 488. The van der Waals surface area contributed by atoms with Gasteiger partial charge in [0.2, 0.25) is 8.32 Å². The van der Waals surface area contributed by atoms with E-state index in [9.17, 15) is 5.11 Å². The second-order valence-corrected chi connectivity index (χ2v) is 16.3. The largest absolute Gasteiger partial charge is 0.412 e. The van der Waals surface area contributed by atoms with E-state index in [1.807, 2.05) is 6.92 Å². The van der Waals surface area contributed by atoms with Crippen LogP contribution in [-0.4, -0.2) is 37.8 Å². The van der Waals surface area contributed by atoms with E-state index in [-0.39, 0.29) is 29.8 Å². The Kier molecular flexibility index (Phi) is 9.02. The third kappa shape index (κ3) is 5.30. The predicted molar refractivity (Wildman–Crippen MR) is 123 cm³/mol. The van der Waals surface area contributed by atoms with Crippen molar-refractivity contribution in [3.8, 4) is 0 Å². The molecule has 0 spiro atoms. The molecule has 1 N–H and O–H groups in total. The van der Waals surface area contributed by atoms with Crippen molar-refractivity contribution in [1.82, 2.24) is 0 Å². The van der Waals surface area contributed by atoms with Crippen LogP contribution in [0.3, 0.4) is 0 Å². The summed E-state index contributed by atoms with van der Waals surface area (Å²) in [5, 5.41) is 9.74. The summed E-state index contributed by atoms with van der Waals surface area (Å²) in [6.07, 6.45) is 1.57. The van der Waals surface area contributed by atoms with Gasteiger partial charge in [0.25, 0.3) is 0 Å². The van der Waals surface area contributed by atoms with Gasteiger partial charge in [-0.3, -0.25) is 0 Å². The molecule has 0 bridgehead atoms. The standard InChI is InChI=1S/C24H48O3Si/c1-15(2)21-14-22(26-20(10)13-19(9)25)24(11,12)23(21)27-28(16(3)4,17(5)6)18(7)8/h16-23,25H,1,13-14H2,2-12H3/t19-,20+,21+,22-,23+/m0/s1. The molecule has 0 aromatic carbocycles. The van der Waals surface area contributed by atoms with Gasteiger partial charge in [0.15, 0.2) is 0 Å². The first kappa shape index (κ1) is 25.9. The zero-order valence-corrected chi connectivity index (χ0v) is 21.5. The first-order valence-corrected chi connectivity index (χ1v) is 13.5. The summed E-state index contributed by atoms with van der Waals surface area (Å²) < 4.78 is 13.8. The Hall–Kier alpha value is -0.163. The molecule has 0 saturated heterocycles. The molecule has 3 nitrogen and oxygen atoms in total. The van der Waals surface area contributed by atoms with Crippen LogP contribution in [0.25, 0.3) is 0 Å². The third-order valence-electron chi connectivity index (χ3n) is 7.14. The number of hydrogen-bond acceptors (Lipinski definition) is 3. The highest BCUT2D eigenvalue weighted by atomic mass is 28.4. The van der Waals surface area contributed by atoms with Crippen LogP contribution in [0.4, 0.5) is 0 Å². The lowest BCUT2D eigenvalue weighted by atomic mass is 9.84. The number of aliphatic hydroxyl groups is 1. The monoisotopic (exact) mass is 412 g/mol. The molecule has 0 unspecified atom stereocenters. The molecule has 0 heterocycles. The second-order valence-electron chi connectivity index (χ2n) is 10.9. The fraction of sp³-hybridized carbons (Fsp3) is 0.917. The zero-order chi connectivity index (χ0) is 22.0. The van der Waals surface area contributed by atoms with Gasteiger partial charge in [-0.25, -0.2) is 0 Å². The van der Waals surface area contributed by atoms with E-state index in [0.29, 0.717) is 29.0 Å². The van der Waals surface area contributed by atoms with Crippen LogP contribution in [0.15, 0.2) is 12.2 Å². The van der Waals surface area contributed by atoms with Gasteiger partial charge in [0.1, 0.15) is 0 Å². The van der Waals surface area contributed by atoms with E-state index in [4.69, 9.17) is 9.16 Å². The average molecular weight is 413 g/mol. The van der Waals surface area contributed by atoms with E-state index in [0.717, 1.165) is 6.42 Å².